The molecule has 0 amide bonds. The molecule has 1 fully saturated rings. The number of carbonyl (C=O) groups is 1. The van der Waals surface area contributed by atoms with Crippen molar-refractivity contribution in [3.63, 3.8) is 0 Å². The van der Waals surface area contributed by atoms with Crippen LogP contribution in [0.5, 0.6) is 0 Å². The van der Waals surface area contributed by atoms with Crippen molar-refractivity contribution >= 4 is 34.8 Å². The van der Waals surface area contributed by atoms with Crippen LogP contribution in [0.3, 0.4) is 0 Å². The van der Waals surface area contributed by atoms with Gasteiger partial charge in [0.15, 0.2) is 5.11 Å². The summed E-state index contributed by atoms with van der Waals surface area (Å²) in [4.78, 5) is 18.7. The Morgan fingerprint density at radius 1 is 1.38 bits per heavy atom. The molecule has 2 aliphatic heterocycles. The van der Waals surface area contributed by atoms with Gasteiger partial charge in [-0.2, -0.15) is 0 Å². The van der Waals surface area contributed by atoms with Crippen molar-refractivity contribution in [1.29, 1.82) is 0 Å². The van der Waals surface area contributed by atoms with Crippen LogP contribution in [0, 0.1) is 0 Å². The molecule has 7 heteroatoms. The molecule has 1 saturated heterocycles. The van der Waals surface area contributed by atoms with E-state index in [0.29, 0.717) is 31.2 Å². The summed E-state index contributed by atoms with van der Waals surface area (Å²) in [5.41, 5.74) is 0.0989. The molecule has 140 valence electrons. The highest BCUT2D eigenvalue weighted by Gasteiger charge is 2.53. The van der Waals surface area contributed by atoms with E-state index in [1.165, 1.54) is 0 Å². The highest BCUT2D eigenvalue weighted by molar-refractivity contribution is 7.80. The number of anilines is 1. The van der Waals surface area contributed by atoms with Gasteiger partial charge in [-0.15, -0.1) is 0 Å². The van der Waals surface area contributed by atoms with Gasteiger partial charge in [0.25, 0.3) is 0 Å². The summed E-state index contributed by atoms with van der Waals surface area (Å²) < 4.78 is 11.1. The summed E-state index contributed by atoms with van der Waals surface area (Å²) in [7, 11) is 0. The van der Waals surface area contributed by atoms with Crippen LogP contribution >= 0.6 is 12.2 Å². The second-order valence-electron chi connectivity index (χ2n) is 7.19. The fraction of sp³-hybridized carbons (Fsp3) is 0.526. The average Bonchev–Trinajstić information content (AvgIpc) is 2.80. The molecule has 1 aromatic rings. The molecule has 3 rings (SSSR count). The number of esters is 1. The number of benzene rings is 1. The van der Waals surface area contributed by atoms with E-state index < -0.39 is 5.54 Å². The van der Waals surface area contributed by atoms with Crippen LogP contribution in [-0.4, -0.2) is 52.7 Å². The Labute approximate surface area is 159 Å². The third kappa shape index (κ3) is 3.73. The van der Waals surface area contributed by atoms with Gasteiger partial charge in [0.1, 0.15) is 17.9 Å². The molecule has 0 aliphatic carbocycles. The average molecular weight is 375 g/mol. The third-order valence-corrected chi connectivity index (χ3v) is 5.06. The predicted octanol–water partition coefficient (Wildman–Crippen LogP) is 2.99. The van der Waals surface area contributed by atoms with E-state index in [0.717, 1.165) is 11.5 Å². The highest BCUT2D eigenvalue weighted by Crippen LogP contribution is 2.41. The molecule has 0 aromatic heterocycles. The molecule has 6 nitrogen and oxygen atoms in total. The first-order chi connectivity index (χ1) is 12.4. The first-order valence-corrected chi connectivity index (χ1v) is 9.29. The summed E-state index contributed by atoms with van der Waals surface area (Å²) in [6, 6.07) is 9.86. The van der Waals surface area contributed by atoms with Crippen molar-refractivity contribution in [3.8, 4) is 0 Å². The van der Waals surface area contributed by atoms with Gasteiger partial charge in [-0.3, -0.25) is 4.79 Å². The lowest BCUT2D eigenvalue weighted by Gasteiger charge is -2.47. The first kappa shape index (κ1) is 18.8. The number of hydrogen-bond acceptors (Lipinski definition) is 5. The summed E-state index contributed by atoms with van der Waals surface area (Å²) in [6.45, 7) is 6.91. The quantitative estimate of drug-likeness (QED) is 0.645. The fourth-order valence-corrected chi connectivity index (χ4v) is 4.03. The van der Waals surface area contributed by atoms with E-state index in [2.05, 4.69) is 24.2 Å². The minimum absolute atomic E-state index is 0.0895. The van der Waals surface area contributed by atoms with Gasteiger partial charge in [0.2, 0.25) is 0 Å². The Balaban J connectivity index is 1.93. The first-order valence-electron chi connectivity index (χ1n) is 8.89. The van der Waals surface area contributed by atoms with Gasteiger partial charge in [-0.25, -0.2) is 4.99 Å². The number of aliphatic imine (C=N–C) groups is 1. The van der Waals surface area contributed by atoms with Gasteiger partial charge in [-0.1, -0.05) is 18.2 Å². The number of hydrogen-bond donors (Lipinski definition) is 1. The number of nitrogens with zero attached hydrogens (tertiary/aromatic N) is 2. The molecule has 26 heavy (non-hydrogen) atoms. The maximum atomic E-state index is 12.2. The van der Waals surface area contributed by atoms with E-state index >= 15 is 0 Å². The smallest absolute Gasteiger partial charge is 0.325 e. The minimum atomic E-state index is -0.499. The number of nitrogens with one attached hydrogen (secondary N) is 1. The Morgan fingerprint density at radius 2 is 2.12 bits per heavy atom. The zero-order valence-corrected chi connectivity index (χ0v) is 16.3. The molecule has 1 aromatic carbocycles. The van der Waals surface area contributed by atoms with Crippen LogP contribution in [0.4, 0.5) is 5.69 Å². The van der Waals surface area contributed by atoms with Gasteiger partial charge < -0.3 is 19.7 Å². The van der Waals surface area contributed by atoms with Crippen LogP contribution < -0.4 is 5.32 Å². The number of para-hydroxylation sites is 1. The van der Waals surface area contributed by atoms with E-state index in [1.807, 2.05) is 35.2 Å². The van der Waals surface area contributed by atoms with Crippen molar-refractivity contribution < 1.29 is 14.3 Å². The third-order valence-electron chi connectivity index (χ3n) is 4.75. The van der Waals surface area contributed by atoms with Crippen molar-refractivity contribution in [2.45, 2.75) is 44.8 Å². The lowest BCUT2D eigenvalue weighted by Crippen LogP contribution is -2.61. The Kier molecular flexibility index (Phi) is 5.29. The Morgan fingerprint density at radius 3 is 2.77 bits per heavy atom. The number of ether oxygens (including phenoxy) is 2. The fourth-order valence-electron chi connectivity index (χ4n) is 3.70. The number of carbonyl (C=O) groups excluding carboxylic acids is 1. The molecule has 1 spiro atoms. The SMILES string of the molecule is CCOC(=O)CN1C(=S)N=C(Nc2ccccc2)C12CCOC(C)(C)C2. The largest absolute Gasteiger partial charge is 0.465 e. The normalized spacial score (nSPS) is 24.5. The molecule has 0 radical (unpaired) electrons. The second-order valence-corrected chi connectivity index (χ2v) is 7.56. The maximum Gasteiger partial charge on any atom is 0.325 e. The van der Waals surface area contributed by atoms with Crippen molar-refractivity contribution in [2.75, 3.05) is 25.1 Å². The molecule has 2 aliphatic rings. The zero-order valence-electron chi connectivity index (χ0n) is 15.4. The maximum absolute atomic E-state index is 12.2. The van der Waals surface area contributed by atoms with E-state index in [-0.39, 0.29) is 18.1 Å². The predicted molar refractivity (Wildman–Crippen MR) is 105 cm³/mol. The highest BCUT2D eigenvalue weighted by atomic mass is 32.1. The lowest BCUT2D eigenvalue weighted by atomic mass is 9.79. The Hall–Kier alpha value is -1.99. The minimum Gasteiger partial charge on any atom is -0.465 e. The summed E-state index contributed by atoms with van der Waals surface area (Å²) in [5, 5.41) is 3.83. The monoisotopic (exact) mass is 375 g/mol. The molecular weight excluding hydrogens is 350 g/mol. The van der Waals surface area contributed by atoms with E-state index in [1.54, 1.807) is 6.92 Å². The summed E-state index contributed by atoms with van der Waals surface area (Å²) in [5.74, 6) is 0.476. The number of amidine groups is 1. The van der Waals surface area contributed by atoms with Crippen molar-refractivity contribution in [1.82, 2.24) is 4.90 Å². The summed E-state index contributed by atoms with van der Waals surface area (Å²) >= 11 is 5.51. The molecule has 0 bridgehead atoms. The van der Waals surface area contributed by atoms with Crippen molar-refractivity contribution in [2.24, 2.45) is 4.99 Å². The molecular formula is C19H25N3O3S. The number of thiocarbonyl (C=S) groups is 1. The topological polar surface area (TPSA) is 63.2 Å². The molecule has 2 heterocycles. The standard InChI is InChI=1S/C19H25N3O3S/c1-4-24-15(23)12-22-17(26)21-16(20-14-8-6-5-7-9-14)19(22)10-11-25-18(2,3)13-19/h5-9H,4,10-13H2,1-3H3,(H,20,21,26). The lowest BCUT2D eigenvalue weighted by molar-refractivity contribution is -0.146. The van der Waals surface area contributed by atoms with Gasteiger partial charge >= 0.3 is 5.97 Å². The van der Waals surface area contributed by atoms with Crippen LogP contribution in [0.2, 0.25) is 0 Å². The number of rotatable bonds is 4. The Bertz CT molecular complexity index is 720. The molecule has 1 N–H and O–H groups in total. The van der Waals surface area contributed by atoms with Crippen LogP contribution in [0.15, 0.2) is 35.3 Å². The van der Waals surface area contributed by atoms with Gasteiger partial charge in [0, 0.05) is 25.1 Å². The van der Waals surface area contributed by atoms with Crippen LogP contribution in [-0.2, 0) is 14.3 Å². The molecule has 0 saturated carbocycles. The van der Waals surface area contributed by atoms with Gasteiger partial charge in [-0.05, 0) is 45.1 Å². The molecule has 1 unspecified atom stereocenters. The van der Waals surface area contributed by atoms with Crippen molar-refractivity contribution in [3.05, 3.63) is 30.3 Å². The second kappa shape index (κ2) is 7.32. The van der Waals surface area contributed by atoms with Gasteiger partial charge in [0.05, 0.1) is 12.2 Å². The molecule has 1 atom stereocenters. The van der Waals surface area contributed by atoms with E-state index in [4.69, 9.17) is 21.7 Å². The zero-order chi connectivity index (χ0) is 18.8. The van der Waals surface area contributed by atoms with Crippen LogP contribution in [0.25, 0.3) is 0 Å². The van der Waals surface area contributed by atoms with E-state index in [9.17, 15) is 4.79 Å². The summed E-state index contributed by atoms with van der Waals surface area (Å²) in [6.07, 6.45) is 1.38. The van der Waals surface area contributed by atoms with Crippen LogP contribution in [0.1, 0.15) is 33.6 Å².